The number of carboxylic acids is 1. The number of hydrogen-bond acceptors (Lipinski definition) is 4. The molecule has 21 heavy (non-hydrogen) atoms. The predicted octanol–water partition coefficient (Wildman–Crippen LogP) is 3.15. The molecule has 118 valence electrons. The minimum Gasteiger partial charge on any atom is -0.492 e. The number of rotatable bonds is 6. The Morgan fingerprint density at radius 2 is 2.10 bits per heavy atom. The molecule has 0 bridgehead atoms. The summed E-state index contributed by atoms with van der Waals surface area (Å²) in [5, 5.41) is 9.20. The van der Waals surface area contributed by atoms with Crippen molar-refractivity contribution in [3.05, 3.63) is 24.3 Å². The van der Waals surface area contributed by atoms with Gasteiger partial charge in [-0.15, -0.1) is 24.2 Å². The highest BCUT2D eigenvalue weighted by Gasteiger charge is 2.27. The highest BCUT2D eigenvalue weighted by molar-refractivity contribution is 7.98. The standard InChI is InChI=1S/C15H21NO3S.ClH/c1-20-13-7-5-12(6-8-13)19-11-10-16-9-3-2-4-14(16)15(17)18;/h5-8,14H,2-4,9-11H2,1H3,(H,17,18);1H. The minimum absolute atomic E-state index is 0. The van der Waals surface area contributed by atoms with E-state index in [4.69, 9.17) is 4.74 Å². The zero-order valence-corrected chi connectivity index (χ0v) is 13.8. The topological polar surface area (TPSA) is 49.8 Å². The highest BCUT2D eigenvalue weighted by atomic mass is 35.5. The van der Waals surface area contributed by atoms with Gasteiger partial charge in [-0.1, -0.05) is 6.42 Å². The van der Waals surface area contributed by atoms with E-state index in [2.05, 4.69) is 0 Å². The van der Waals surface area contributed by atoms with Crippen LogP contribution in [0.1, 0.15) is 19.3 Å². The van der Waals surface area contributed by atoms with Crippen LogP contribution < -0.4 is 4.74 Å². The number of piperidine rings is 1. The molecule has 1 atom stereocenters. The molecular weight excluding hydrogens is 310 g/mol. The Bertz CT molecular complexity index is 441. The summed E-state index contributed by atoms with van der Waals surface area (Å²) >= 11 is 1.70. The molecule has 1 aliphatic heterocycles. The van der Waals surface area contributed by atoms with Crippen molar-refractivity contribution in [2.75, 3.05) is 26.0 Å². The van der Waals surface area contributed by atoms with Crippen molar-refractivity contribution in [1.82, 2.24) is 4.90 Å². The number of hydrogen-bond donors (Lipinski definition) is 1. The summed E-state index contributed by atoms with van der Waals surface area (Å²) in [6.45, 7) is 2.05. The molecule has 1 saturated heterocycles. The van der Waals surface area contributed by atoms with Gasteiger partial charge in [0.2, 0.25) is 0 Å². The maximum atomic E-state index is 11.2. The van der Waals surface area contributed by atoms with Crippen LogP contribution in [0.3, 0.4) is 0 Å². The van der Waals surface area contributed by atoms with Gasteiger partial charge in [-0.25, -0.2) is 0 Å². The number of nitrogens with zero attached hydrogens (tertiary/aromatic N) is 1. The Balaban J connectivity index is 0.00000220. The molecule has 6 heteroatoms. The van der Waals surface area contributed by atoms with Crippen LogP contribution in [0.4, 0.5) is 0 Å². The maximum Gasteiger partial charge on any atom is 0.320 e. The van der Waals surface area contributed by atoms with Gasteiger partial charge in [0, 0.05) is 11.4 Å². The first-order chi connectivity index (χ1) is 9.70. The van der Waals surface area contributed by atoms with Crippen LogP contribution in [0, 0.1) is 0 Å². The molecule has 1 aliphatic rings. The molecule has 1 aromatic rings. The first-order valence-electron chi connectivity index (χ1n) is 6.94. The van der Waals surface area contributed by atoms with Crippen LogP contribution in [0.5, 0.6) is 5.75 Å². The summed E-state index contributed by atoms with van der Waals surface area (Å²) in [5.74, 6) is 0.126. The summed E-state index contributed by atoms with van der Waals surface area (Å²) in [6.07, 6.45) is 4.87. The average molecular weight is 332 g/mol. The third-order valence-corrected chi connectivity index (χ3v) is 4.35. The van der Waals surface area contributed by atoms with E-state index in [1.54, 1.807) is 11.8 Å². The van der Waals surface area contributed by atoms with Gasteiger partial charge in [-0.2, -0.15) is 0 Å². The van der Waals surface area contributed by atoms with E-state index in [9.17, 15) is 9.90 Å². The average Bonchev–Trinajstić information content (AvgIpc) is 2.48. The van der Waals surface area contributed by atoms with Crippen LogP contribution in [-0.4, -0.2) is 48.0 Å². The van der Waals surface area contributed by atoms with Crippen molar-refractivity contribution in [3.8, 4) is 5.75 Å². The molecule has 1 fully saturated rings. The Morgan fingerprint density at radius 3 is 2.71 bits per heavy atom. The van der Waals surface area contributed by atoms with Crippen LogP contribution in [0.25, 0.3) is 0 Å². The maximum absolute atomic E-state index is 11.2. The Labute approximate surface area is 136 Å². The predicted molar refractivity (Wildman–Crippen MR) is 87.8 cm³/mol. The lowest BCUT2D eigenvalue weighted by atomic mass is 10.0. The summed E-state index contributed by atoms with van der Waals surface area (Å²) < 4.78 is 5.69. The molecular formula is C15H22ClNO3S. The second-order valence-electron chi connectivity index (χ2n) is 4.91. The van der Waals surface area contributed by atoms with E-state index < -0.39 is 5.97 Å². The minimum atomic E-state index is -0.714. The Hall–Kier alpha value is -0.910. The first kappa shape index (κ1) is 18.1. The van der Waals surface area contributed by atoms with Crippen molar-refractivity contribution < 1.29 is 14.6 Å². The van der Waals surface area contributed by atoms with Crippen LogP contribution >= 0.6 is 24.2 Å². The number of carboxylic acid groups (broad SMARTS) is 1. The molecule has 0 aromatic heterocycles. The SMILES string of the molecule is CSc1ccc(OCCN2CCCCC2C(=O)O)cc1.Cl. The fraction of sp³-hybridized carbons (Fsp3) is 0.533. The molecule has 0 saturated carbocycles. The van der Waals surface area contributed by atoms with E-state index in [1.807, 2.05) is 35.4 Å². The summed E-state index contributed by atoms with van der Waals surface area (Å²) in [6, 6.07) is 7.63. The lowest BCUT2D eigenvalue weighted by Crippen LogP contribution is -2.46. The summed E-state index contributed by atoms with van der Waals surface area (Å²) in [5.41, 5.74) is 0. The lowest BCUT2D eigenvalue weighted by molar-refractivity contribution is -0.144. The second-order valence-corrected chi connectivity index (χ2v) is 5.79. The smallest absolute Gasteiger partial charge is 0.320 e. The normalized spacial score (nSPS) is 18.8. The number of halogens is 1. The lowest BCUT2D eigenvalue weighted by Gasteiger charge is -2.32. The van der Waals surface area contributed by atoms with Gasteiger partial charge in [0.15, 0.2) is 0 Å². The monoisotopic (exact) mass is 331 g/mol. The molecule has 1 aromatic carbocycles. The van der Waals surface area contributed by atoms with Gasteiger partial charge in [0.05, 0.1) is 0 Å². The van der Waals surface area contributed by atoms with Gasteiger partial charge in [0.1, 0.15) is 18.4 Å². The van der Waals surface area contributed by atoms with E-state index in [0.717, 1.165) is 31.6 Å². The van der Waals surface area contributed by atoms with Gasteiger partial charge in [0.25, 0.3) is 0 Å². The molecule has 1 heterocycles. The Kier molecular flexibility index (Phi) is 7.93. The van der Waals surface area contributed by atoms with Crippen LogP contribution in [0.2, 0.25) is 0 Å². The second kappa shape index (κ2) is 9.18. The van der Waals surface area contributed by atoms with Crippen LogP contribution in [0.15, 0.2) is 29.2 Å². The molecule has 2 rings (SSSR count). The number of thioether (sulfide) groups is 1. The van der Waals surface area contributed by atoms with E-state index in [1.165, 1.54) is 4.90 Å². The van der Waals surface area contributed by atoms with E-state index in [-0.39, 0.29) is 18.4 Å². The van der Waals surface area contributed by atoms with E-state index >= 15 is 0 Å². The molecule has 0 radical (unpaired) electrons. The molecule has 0 spiro atoms. The molecule has 0 amide bonds. The highest BCUT2D eigenvalue weighted by Crippen LogP contribution is 2.20. The quantitative estimate of drug-likeness (QED) is 0.811. The molecule has 0 aliphatic carbocycles. The molecule has 1 N–H and O–H groups in total. The fourth-order valence-corrected chi connectivity index (χ4v) is 2.90. The number of aliphatic carboxylic acids is 1. The number of benzene rings is 1. The summed E-state index contributed by atoms with van der Waals surface area (Å²) in [4.78, 5) is 14.4. The number of ether oxygens (including phenoxy) is 1. The third-order valence-electron chi connectivity index (χ3n) is 3.61. The molecule has 1 unspecified atom stereocenters. The van der Waals surface area contributed by atoms with E-state index in [0.29, 0.717) is 13.2 Å². The van der Waals surface area contributed by atoms with Gasteiger partial charge < -0.3 is 9.84 Å². The largest absolute Gasteiger partial charge is 0.492 e. The summed E-state index contributed by atoms with van der Waals surface area (Å²) in [7, 11) is 0. The molecule has 4 nitrogen and oxygen atoms in total. The first-order valence-corrected chi connectivity index (χ1v) is 8.17. The van der Waals surface area contributed by atoms with Crippen molar-refractivity contribution in [2.24, 2.45) is 0 Å². The van der Waals surface area contributed by atoms with Crippen molar-refractivity contribution in [2.45, 2.75) is 30.2 Å². The zero-order valence-electron chi connectivity index (χ0n) is 12.2. The number of likely N-dealkylation sites (tertiary alicyclic amines) is 1. The van der Waals surface area contributed by atoms with Crippen molar-refractivity contribution >= 4 is 30.1 Å². The zero-order chi connectivity index (χ0) is 14.4. The number of carbonyl (C=O) groups is 1. The van der Waals surface area contributed by atoms with Gasteiger partial charge in [-0.05, 0) is 49.9 Å². The van der Waals surface area contributed by atoms with Gasteiger partial charge >= 0.3 is 5.97 Å². The van der Waals surface area contributed by atoms with Crippen molar-refractivity contribution in [1.29, 1.82) is 0 Å². The van der Waals surface area contributed by atoms with Crippen molar-refractivity contribution in [3.63, 3.8) is 0 Å². The van der Waals surface area contributed by atoms with Crippen LogP contribution in [-0.2, 0) is 4.79 Å². The fourth-order valence-electron chi connectivity index (χ4n) is 2.49. The van der Waals surface area contributed by atoms with Gasteiger partial charge in [-0.3, -0.25) is 9.69 Å². The third kappa shape index (κ3) is 5.41. The Morgan fingerprint density at radius 1 is 1.38 bits per heavy atom.